The molecule has 1 aliphatic carbocycles. The number of amides is 1. The Balaban J connectivity index is 1.75. The van der Waals surface area contributed by atoms with Crippen LogP contribution >= 0.6 is 0 Å². The first-order valence-electron chi connectivity index (χ1n) is 6.55. The molecule has 6 nitrogen and oxygen atoms in total. The van der Waals surface area contributed by atoms with Crippen LogP contribution in [-0.2, 0) is 16.7 Å². The molecule has 2 aromatic rings. The number of hydrogen-bond donors (Lipinski definition) is 1. The number of nitrogens with one attached hydrogen (secondary N) is 1. The fourth-order valence-electron chi connectivity index (χ4n) is 3.04. The van der Waals surface area contributed by atoms with E-state index in [0.717, 1.165) is 24.0 Å². The molecule has 0 bridgehead atoms. The number of fused-ring (bicyclic) bond motifs is 2. The Kier molecular flexibility index (Phi) is 2.19. The number of carbonyl (C=O) groups excluding carboxylic acids is 1. The lowest BCUT2D eigenvalue weighted by molar-refractivity contribution is 0.172. The van der Waals surface area contributed by atoms with Crippen LogP contribution in [0.15, 0.2) is 22.7 Å². The molecule has 4 rings (SSSR count). The van der Waals surface area contributed by atoms with Crippen molar-refractivity contribution in [1.29, 1.82) is 0 Å². The minimum absolute atomic E-state index is 0.337. The summed E-state index contributed by atoms with van der Waals surface area (Å²) in [6.07, 6.45) is 1.43. The van der Waals surface area contributed by atoms with Gasteiger partial charge in [-0.25, -0.2) is 4.79 Å². The van der Waals surface area contributed by atoms with Crippen molar-refractivity contribution in [3.63, 3.8) is 0 Å². The predicted octanol–water partition coefficient (Wildman–Crippen LogP) is 1.93. The third-order valence-electron chi connectivity index (χ3n) is 4.02. The van der Waals surface area contributed by atoms with Crippen molar-refractivity contribution >= 4 is 6.09 Å². The van der Waals surface area contributed by atoms with Crippen LogP contribution in [0.3, 0.4) is 0 Å². The topological polar surface area (TPSA) is 77.2 Å². The summed E-state index contributed by atoms with van der Waals surface area (Å²) in [6.45, 7) is 2.17. The summed E-state index contributed by atoms with van der Waals surface area (Å²) in [6, 6.07) is 6.05. The highest BCUT2D eigenvalue weighted by molar-refractivity contribution is 5.72. The van der Waals surface area contributed by atoms with Gasteiger partial charge in [0.1, 0.15) is 12.1 Å². The highest BCUT2D eigenvalue weighted by atomic mass is 16.6. The van der Waals surface area contributed by atoms with Gasteiger partial charge in [0.25, 0.3) is 0 Å². The quantitative estimate of drug-likeness (QED) is 0.857. The summed E-state index contributed by atoms with van der Waals surface area (Å²) in [5.41, 5.74) is 2.92. The Morgan fingerprint density at radius 3 is 3.00 bits per heavy atom. The van der Waals surface area contributed by atoms with Gasteiger partial charge >= 0.3 is 6.09 Å². The predicted molar refractivity (Wildman–Crippen MR) is 69.0 cm³/mol. The van der Waals surface area contributed by atoms with E-state index >= 15 is 0 Å². The Morgan fingerprint density at radius 1 is 1.40 bits per heavy atom. The van der Waals surface area contributed by atoms with Crippen LogP contribution in [0.1, 0.15) is 23.4 Å². The van der Waals surface area contributed by atoms with Gasteiger partial charge in [-0.3, -0.25) is 0 Å². The fourth-order valence-corrected chi connectivity index (χ4v) is 3.04. The molecule has 1 N–H and O–H groups in total. The SMILES string of the molecule is Cc1nc(-c2ccc3c(c2)CCC32COC(=O)N2)no1. The second-order valence-corrected chi connectivity index (χ2v) is 5.29. The van der Waals surface area contributed by atoms with E-state index in [1.807, 2.05) is 12.1 Å². The summed E-state index contributed by atoms with van der Waals surface area (Å²) in [4.78, 5) is 15.6. The van der Waals surface area contributed by atoms with Crippen LogP contribution in [0.2, 0.25) is 0 Å². The Morgan fingerprint density at radius 2 is 2.30 bits per heavy atom. The average molecular weight is 271 g/mol. The van der Waals surface area contributed by atoms with Crippen LogP contribution in [0.4, 0.5) is 4.79 Å². The van der Waals surface area contributed by atoms with Crippen molar-refractivity contribution in [2.45, 2.75) is 25.3 Å². The molecule has 6 heteroatoms. The maximum atomic E-state index is 11.3. The van der Waals surface area contributed by atoms with Crippen LogP contribution in [-0.4, -0.2) is 22.8 Å². The molecule has 1 saturated heterocycles. The van der Waals surface area contributed by atoms with Crippen LogP contribution in [0, 0.1) is 6.92 Å². The molecule has 1 unspecified atom stereocenters. The molecule has 1 aromatic carbocycles. The molecule has 1 aliphatic heterocycles. The summed E-state index contributed by atoms with van der Waals surface area (Å²) in [5.74, 6) is 1.14. The standard InChI is InChI=1S/C14H13N3O3/c1-8-15-12(17-20-8)10-2-3-11-9(6-10)4-5-14(11)7-19-13(18)16-14/h2-3,6H,4-5,7H2,1H3,(H,16,18). The number of ether oxygens (including phenoxy) is 1. The first kappa shape index (κ1) is 11.5. The van der Waals surface area contributed by atoms with E-state index in [9.17, 15) is 4.79 Å². The van der Waals surface area contributed by atoms with Crippen molar-refractivity contribution in [3.05, 3.63) is 35.2 Å². The third-order valence-corrected chi connectivity index (χ3v) is 4.02. The number of cyclic esters (lactones) is 1. The van der Waals surface area contributed by atoms with E-state index in [-0.39, 0.29) is 11.6 Å². The van der Waals surface area contributed by atoms with Crippen molar-refractivity contribution in [3.8, 4) is 11.4 Å². The van der Waals surface area contributed by atoms with Crippen LogP contribution in [0.25, 0.3) is 11.4 Å². The zero-order valence-corrected chi connectivity index (χ0v) is 11.0. The highest BCUT2D eigenvalue weighted by Crippen LogP contribution is 2.40. The van der Waals surface area contributed by atoms with Crippen LogP contribution in [0.5, 0.6) is 0 Å². The summed E-state index contributed by atoms with van der Waals surface area (Å²) in [5, 5.41) is 6.87. The van der Waals surface area contributed by atoms with Gasteiger partial charge < -0.3 is 14.6 Å². The maximum Gasteiger partial charge on any atom is 0.408 e. The lowest BCUT2D eigenvalue weighted by Gasteiger charge is -2.21. The summed E-state index contributed by atoms with van der Waals surface area (Å²) < 4.78 is 10.1. The number of aromatic nitrogens is 2. The molecule has 2 aliphatic rings. The molecular formula is C14H13N3O3. The van der Waals surface area contributed by atoms with Gasteiger partial charge in [-0.15, -0.1) is 0 Å². The monoisotopic (exact) mass is 271 g/mol. The molecule has 1 fully saturated rings. The molecule has 1 atom stereocenters. The van der Waals surface area contributed by atoms with E-state index in [1.54, 1.807) is 6.92 Å². The summed E-state index contributed by atoms with van der Waals surface area (Å²) >= 11 is 0. The van der Waals surface area contributed by atoms with E-state index in [4.69, 9.17) is 9.26 Å². The molecule has 102 valence electrons. The van der Waals surface area contributed by atoms with Gasteiger partial charge in [0, 0.05) is 12.5 Å². The number of aryl methyl sites for hydroxylation is 2. The smallest absolute Gasteiger partial charge is 0.408 e. The Labute approximate surface area is 115 Å². The normalized spacial score (nSPS) is 23.8. The van der Waals surface area contributed by atoms with Crippen molar-refractivity contribution in [2.75, 3.05) is 6.61 Å². The zero-order valence-electron chi connectivity index (χ0n) is 11.0. The first-order chi connectivity index (χ1) is 9.66. The molecule has 1 aromatic heterocycles. The Hall–Kier alpha value is -2.37. The van der Waals surface area contributed by atoms with Crippen LogP contribution < -0.4 is 5.32 Å². The maximum absolute atomic E-state index is 11.3. The molecule has 0 saturated carbocycles. The average Bonchev–Trinajstić information content (AvgIpc) is 3.12. The minimum Gasteiger partial charge on any atom is -0.447 e. The van der Waals surface area contributed by atoms with E-state index in [2.05, 4.69) is 21.5 Å². The lowest BCUT2D eigenvalue weighted by atomic mass is 9.93. The Bertz CT molecular complexity index is 709. The van der Waals surface area contributed by atoms with Gasteiger partial charge in [-0.1, -0.05) is 17.3 Å². The molecule has 2 heterocycles. The minimum atomic E-state index is -0.349. The zero-order chi connectivity index (χ0) is 13.7. The fraction of sp³-hybridized carbons (Fsp3) is 0.357. The van der Waals surface area contributed by atoms with Crippen molar-refractivity contribution < 1.29 is 14.1 Å². The van der Waals surface area contributed by atoms with E-state index < -0.39 is 0 Å². The molecule has 1 spiro atoms. The lowest BCUT2D eigenvalue weighted by Crippen LogP contribution is -2.38. The largest absolute Gasteiger partial charge is 0.447 e. The second-order valence-electron chi connectivity index (χ2n) is 5.29. The van der Waals surface area contributed by atoms with Gasteiger partial charge in [0.15, 0.2) is 0 Å². The number of hydrogen-bond acceptors (Lipinski definition) is 5. The van der Waals surface area contributed by atoms with Crippen molar-refractivity contribution in [2.24, 2.45) is 0 Å². The van der Waals surface area contributed by atoms with Gasteiger partial charge in [0.05, 0.1) is 0 Å². The third kappa shape index (κ3) is 1.54. The number of benzene rings is 1. The van der Waals surface area contributed by atoms with Gasteiger partial charge in [-0.2, -0.15) is 4.98 Å². The second kappa shape index (κ2) is 3.82. The first-order valence-corrected chi connectivity index (χ1v) is 6.55. The summed E-state index contributed by atoms with van der Waals surface area (Å²) in [7, 11) is 0. The molecule has 0 radical (unpaired) electrons. The highest BCUT2D eigenvalue weighted by Gasteiger charge is 2.45. The number of rotatable bonds is 1. The van der Waals surface area contributed by atoms with Gasteiger partial charge in [0.2, 0.25) is 11.7 Å². The number of carbonyl (C=O) groups is 1. The number of nitrogens with zero attached hydrogens (tertiary/aromatic N) is 2. The number of alkyl carbamates (subject to hydrolysis) is 1. The van der Waals surface area contributed by atoms with E-state index in [0.29, 0.717) is 18.3 Å². The molecule has 20 heavy (non-hydrogen) atoms. The van der Waals surface area contributed by atoms with E-state index in [1.165, 1.54) is 5.56 Å². The molecular weight excluding hydrogens is 258 g/mol. The molecule has 1 amide bonds. The van der Waals surface area contributed by atoms with Gasteiger partial charge in [-0.05, 0) is 30.0 Å². The van der Waals surface area contributed by atoms with Crippen molar-refractivity contribution in [1.82, 2.24) is 15.5 Å².